The summed E-state index contributed by atoms with van der Waals surface area (Å²) >= 11 is 0. The molecule has 2 atom stereocenters. The Bertz CT molecular complexity index is 719. The van der Waals surface area contributed by atoms with Gasteiger partial charge < -0.3 is 14.1 Å². The second-order valence-electron chi connectivity index (χ2n) is 6.00. The van der Waals surface area contributed by atoms with Gasteiger partial charge in [0.25, 0.3) is 5.91 Å². The van der Waals surface area contributed by atoms with Gasteiger partial charge in [-0.15, -0.1) is 10.2 Å². The SMILES string of the molecule is Cc1nnc([C@]23CCO[C@H]2CCN(C(=O)c2ccncn2)C3)o1. The highest BCUT2D eigenvalue weighted by Gasteiger charge is 2.53. The second kappa shape index (κ2) is 5.38. The van der Waals surface area contributed by atoms with Crippen LogP contribution < -0.4 is 0 Å². The van der Waals surface area contributed by atoms with E-state index in [0.29, 0.717) is 37.2 Å². The molecule has 1 amide bonds. The highest BCUT2D eigenvalue weighted by atomic mass is 16.5. The van der Waals surface area contributed by atoms with E-state index in [0.717, 1.165) is 12.8 Å². The number of hydrogen-bond donors (Lipinski definition) is 0. The number of nitrogens with zero attached hydrogens (tertiary/aromatic N) is 5. The quantitative estimate of drug-likeness (QED) is 0.806. The Kier molecular flexibility index (Phi) is 3.33. The van der Waals surface area contributed by atoms with Gasteiger partial charge in [0.05, 0.1) is 11.5 Å². The summed E-state index contributed by atoms with van der Waals surface area (Å²) in [5.74, 6) is 0.991. The van der Waals surface area contributed by atoms with E-state index >= 15 is 0 Å². The highest BCUT2D eigenvalue weighted by molar-refractivity contribution is 5.92. The number of ether oxygens (including phenoxy) is 1. The minimum absolute atomic E-state index is 0.0109. The maximum Gasteiger partial charge on any atom is 0.272 e. The molecule has 2 aliphatic rings. The molecule has 2 saturated heterocycles. The first-order valence-electron chi connectivity index (χ1n) is 7.66. The van der Waals surface area contributed by atoms with E-state index in [1.54, 1.807) is 24.1 Å². The summed E-state index contributed by atoms with van der Waals surface area (Å²) in [5, 5.41) is 8.16. The van der Waals surface area contributed by atoms with Gasteiger partial charge in [-0.1, -0.05) is 0 Å². The Morgan fingerprint density at radius 3 is 3.09 bits per heavy atom. The molecule has 2 aromatic rings. The zero-order valence-corrected chi connectivity index (χ0v) is 12.8. The van der Waals surface area contributed by atoms with E-state index in [-0.39, 0.29) is 12.0 Å². The zero-order chi connectivity index (χ0) is 15.9. The summed E-state index contributed by atoms with van der Waals surface area (Å²) in [6.45, 7) is 3.54. The third kappa shape index (κ3) is 2.29. The van der Waals surface area contributed by atoms with Gasteiger partial charge >= 0.3 is 0 Å². The smallest absolute Gasteiger partial charge is 0.272 e. The summed E-state index contributed by atoms with van der Waals surface area (Å²) in [7, 11) is 0. The number of piperidine rings is 1. The molecule has 8 nitrogen and oxygen atoms in total. The van der Waals surface area contributed by atoms with Crippen molar-refractivity contribution in [2.45, 2.75) is 31.3 Å². The Hall–Kier alpha value is -2.35. The van der Waals surface area contributed by atoms with Gasteiger partial charge in [0.2, 0.25) is 11.8 Å². The number of hydrogen-bond acceptors (Lipinski definition) is 7. The molecule has 120 valence electrons. The topological polar surface area (TPSA) is 94.2 Å². The van der Waals surface area contributed by atoms with Gasteiger partial charge in [0, 0.05) is 32.8 Å². The van der Waals surface area contributed by atoms with E-state index in [1.807, 2.05) is 0 Å². The predicted molar refractivity (Wildman–Crippen MR) is 77.6 cm³/mol. The first-order valence-corrected chi connectivity index (χ1v) is 7.66. The van der Waals surface area contributed by atoms with Crippen LogP contribution in [0.15, 0.2) is 23.0 Å². The number of aryl methyl sites for hydroxylation is 1. The average molecular weight is 315 g/mol. The van der Waals surface area contributed by atoms with Crippen LogP contribution in [0.1, 0.15) is 35.1 Å². The van der Waals surface area contributed by atoms with Crippen LogP contribution in [0, 0.1) is 6.92 Å². The van der Waals surface area contributed by atoms with Crippen LogP contribution in [0.2, 0.25) is 0 Å². The lowest BCUT2D eigenvalue weighted by Gasteiger charge is -2.41. The maximum absolute atomic E-state index is 12.7. The Balaban J connectivity index is 1.65. The molecule has 2 aliphatic heterocycles. The van der Waals surface area contributed by atoms with E-state index in [2.05, 4.69) is 20.2 Å². The molecule has 0 N–H and O–H groups in total. The third-order valence-corrected chi connectivity index (χ3v) is 4.66. The Morgan fingerprint density at radius 2 is 2.35 bits per heavy atom. The van der Waals surface area contributed by atoms with Crippen LogP contribution in [0.5, 0.6) is 0 Å². The number of carbonyl (C=O) groups is 1. The molecule has 0 spiro atoms. The number of likely N-dealkylation sites (tertiary alicyclic amines) is 1. The molecule has 0 aliphatic carbocycles. The third-order valence-electron chi connectivity index (χ3n) is 4.66. The first-order chi connectivity index (χ1) is 11.2. The molecule has 4 heterocycles. The number of rotatable bonds is 2. The van der Waals surface area contributed by atoms with Crippen molar-refractivity contribution in [1.82, 2.24) is 25.1 Å². The maximum atomic E-state index is 12.7. The van der Waals surface area contributed by atoms with E-state index in [4.69, 9.17) is 9.15 Å². The monoisotopic (exact) mass is 315 g/mol. The van der Waals surface area contributed by atoms with Gasteiger partial charge in [0.15, 0.2) is 0 Å². The first kappa shape index (κ1) is 14.3. The molecule has 0 saturated carbocycles. The molecular formula is C15H17N5O3. The van der Waals surface area contributed by atoms with E-state index < -0.39 is 5.41 Å². The van der Waals surface area contributed by atoms with Crippen molar-refractivity contribution >= 4 is 5.91 Å². The largest absolute Gasteiger partial charge is 0.425 e. The van der Waals surface area contributed by atoms with Crippen molar-refractivity contribution in [2.75, 3.05) is 19.7 Å². The van der Waals surface area contributed by atoms with Crippen LogP contribution in [0.4, 0.5) is 0 Å². The summed E-state index contributed by atoms with van der Waals surface area (Å²) in [5.41, 5.74) is -0.0171. The van der Waals surface area contributed by atoms with Crippen LogP contribution in [0.3, 0.4) is 0 Å². The molecule has 0 radical (unpaired) electrons. The van der Waals surface area contributed by atoms with Gasteiger partial charge in [0.1, 0.15) is 12.0 Å². The average Bonchev–Trinajstić information content (AvgIpc) is 3.21. The summed E-state index contributed by atoms with van der Waals surface area (Å²) in [6.07, 6.45) is 4.49. The van der Waals surface area contributed by atoms with E-state index in [9.17, 15) is 4.79 Å². The van der Waals surface area contributed by atoms with Crippen molar-refractivity contribution in [2.24, 2.45) is 0 Å². The summed E-state index contributed by atoms with van der Waals surface area (Å²) < 4.78 is 11.6. The number of carbonyl (C=O) groups excluding carboxylic acids is 1. The molecule has 2 aromatic heterocycles. The molecule has 0 unspecified atom stereocenters. The predicted octanol–water partition coefficient (Wildman–Crippen LogP) is 0.741. The number of amides is 1. The van der Waals surface area contributed by atoms with Gasteiger partial charge in [-0.2, -0.15) is 0 Å². The normalized spacial score (nSPS) is 27.0. The van der Waals surface area contributed by atoms with Crippen molar-refractivity contribution in [1.29, 1.82) is 0 Å². The summed E-state index contributed by atoms with van der Waals surface area (Å²) in [6, 6.07) is 1.63. The molecule has 0 aromatic carbocycles. The van der Waals surface area contributed by atoms with Crippen molar-refractivity contribution in [3.8, 4) is 0 Å². The fourth-order valence-corrected chi connectivity index (χ4v) is 3.50. The van der Waals surface area contributed by atoms with Crippen molar-refractivity contribution in [3.63, 3.8) is 0 Å². The zero-order valence-electron chi connectivity index (χ0n) is 12.8. The number of aromatic nitrogens is 4. The van der Waals surface area contributed by atoms with Crippen LogP contribution >= 0.6 is 0 Å². The minimum atomic E-state index is -0.414. The Labute approximate surface area is 132 Å². The minimum Gasteiger partial charge on any atom is -0.425 e. The van der Waals surface area contributed by atoms with Gasteiger partial charge in [-0.05, 0) is 18.9 Å². The molecule has 0 bridgehead atoms. The lowest BCUT2D eigenvalue weighted by atomic mass is 9.76. The molecule has 4 rings (SSSR count). The second-order valence-corrected chi connectivity index (χ2v) is 6.00. The molecular weight excluding hydrogens is 298 g/mol. The van der Waals surface area contributed by atoms with Crippen LogP contribution in [0.25, 0.3) is 0 Å². The highest BCUT2D eigenvalue weighted by Crippen LogP contribution is 2.43. The fourth-order valence-electron chi connectivity index (χ4n) is 3.50. The van der Waals surface area contributed by atoms with Crippen LogP contribution in [-0.4, -0.2) is 56.8 Å². The molecule has 23 heavy (non-hydrogen) atoms. The van der Waals surface area contributed by atoms with Gasteiger partial charge in [-0.3, -0.25) is 4.79 Å². The lowest BCUT2D eigenvalue weighted by molar-refractivity contribution is 0.00945. The van der Waals surface area contributed by atoms with E-state index in [1.165, 1.54) is 6.33 Å². The fraction of sp³-hybridized carbons (Fsp3) is 0.533. The summed E-state index contributed by atoms with van der Waals surface area (Å²) in [4.78, 5) is 22.4. The van der Waals surface area contributed by atoms with Gasteiger partial charge in [-0.25, -0.2) is 9.97 Å². The van der Waals surface area contributed by atoms with Crippen molar-refractivity contribution in [3.05, 3.63) is 36.1 Å². The number of fused-ring (bicyclic) bond motifs is 1. The molecule has 2 fully saturated rings. The lowest BCUT2D eigenvalue weighted by Crippen LogP contribution is -2.54. The standard InChI is InChI=1S/C15H17N5O3/c1-10-18-19-14(23-10)15-4-7-22-12(15)3-6-20(8-15)13(21)11-2-5-16-9-17-11/h2,5,9,12H,3-4,6-8H2,1H3/t12-,15-/m0/s1. The Morgan fingerprint density at radius 1 is 1.43 bits per heavy atom. The van der Waals surface area contributed by atoms with Crippen LogP contribution in [-0.2, 0) is 10.2 Å². The molecule has 8 heteroatoms. The van der Waals surface area contributed by atoms with Crippen molar-refractivity contribution < 1.29 is 13.9 Å².